The lowest BCUT2D eigenvalue weighted by Crippen LogP contribution is -2.38. The first-order valence-corrected chi connectivity index (χ1v) is 8.39. The van der Waals surface area contributed by atoms with E-state index in [2.05, 4.69) is 27.3 Å². The molecule has 0 saturated heterocycles. The van der Waals surface area contributed by atoms with Gasteiger partial charge in [0.2, 0.25) is 0 Å². The predicted molar refractivity (Wildman–Crippen MR) is 81.3 cm³/mol. The quantitative estimate of drug-likeness (QED) is 0.832. The van der Waals surface area contributed by atoms with Gasteiger partial charge >= 0.3 is 0 Å². The van der Waals surface area contributed by atoms with Crippen molar-refractivity contribution in [2.24, 2.45) is 5.41 Å². The summed E-state index contributed by atoms with van der Waals surface area (Å²) in [6.45, 7) is 2.03. The molecule has 1 aromatic rings. The van der Waals surface area contributed by atoms with Crippen molar-refractivity contribution in [2.75, 3.05) is 13.2 Å². The molecule has 0 spiro atoms. The Morgan fingerprint density at radius 3 is 2.67 bits per heavy atom. The Balaban J connectivity index is 1.83. The normalized spacial score (nSPS) is 19.1. The predicted octanol–water partition coefficient (Wildman–Crippen LogP) is 4.20. The zero-order valence-electron chi connectivity index (χ0n) is 10.3. The first-order chi connectivity index (χ1) is 8.65. The molecule has 1 saturated carbocycles. The van der Waals surface area contributed by atoms with E-state index < -0.39 is 0 Å². The van der Waals surface area contributed by atoms with E-state index in [-0.39, 0.29) is 5.41 Å². The standard InChI is InChI=1S/C13H19BrClNOS/c14-11-6-10(18-12(11)15)7-16-8-13(9-17)4-2-1-3-5-13/h6,16-17H,1-5,7-9H2. The maximum Gasteiger partial charge on any atom is 0.107 e. The van der Waals surface area contributed by atoms with E-state index in [4.69, 9.17) is 11.6 Å². The number of rotatable bonds is 5. The van der Waals surface area contributed by atoms with Crippen LogP contribution in [0.15, 0.2) is 10.5 Å². The van der Waals surface area contributed by atoms with Crippen molar-refractivity contribution in [1.29, 1.82) is 0 Å². The van der Waals surface area contributed by atoms with Crippen LogP contribution in [0, 0.1) is 5.41 Å². The molecule has 0 aliphatic heterocycles. The molecule has 1 aliphatic carbocycles. The Labute approximate surface area is 126 Å². The minimum Gasteiger partial charge on any atom is -0.396 e. The van der Waals surface area contributed by atoms with Crippen LogP contribution in [0.4, 0.5) is 0 Å². The van der Waals surface area contributed by atoms with E-state index in [9.17, 15) is 5.11 Å². The molecule has 5 heteroatoms. The number of halogens is 2. The van der Waals surface area contributed by atoms with Crippen LogP contribution >= 0.6 is 38.9 Å². The molecule has 0 aromatic carbocycles. The van der Waals surface area contributed by atoms with Crippen LogP contribution in [0.2, 0.25) is 4.34 Å². The molecule has 2 rings (SSSR count). The molecule has 1 aliphatic rings. The molecular weight excluding hydrogens is 334 g/mol. The van der Waals surface area contributed by atoms with Crippen LogP contribution in [0.3, 0.4) is 0 Å². The Morgan fingerprint density at radius 2 is 2.11 bits per heavy atom. The Kier molecular flexibility index (Phi) is 5.51. The highest BCUT2D eigenvalue weighted by Crippen LogP contribution is 2.36. The van der Waals surface area contributed by atoms with Crippen molar-refractivity contribution < 1.29 is 5.11 Å². The first kappa shape index (κ1) is 14.8. The smallest absolute Gasteiger partial charge is 0.107 e. The number of aliphatic hydroxyl groups is 1. The van der Waals surface area contributed by atoms with E-state index in [1.807, 2.05) is 0 Å². The van der Waals surface area contributed by atoms with E-state index >= 15 is 0 Å². The van der Waals surface area contributed by atoms with Gasteiger partial charge in [-0.3, -0.25) is 0 Å². The van der Waals surface area contributed by atoms with Gasteiger partial charge < -0.3 is 10.4 Å². The van der Waals surface area contributed by atoms with Gasteiger partial charge in [0.25, 0.3) is 0 Å². The van der Waals surface area contributed by atoms with Crippen molar-refractivity contribution >= 4 is 38.9 Å². The first-order valence-electron chi connectivity index (χ1n) is 6.40. The van der Waals surface area contributed by atoms with Gasteiger partial charge in [0, 0.05) is 34.5 Å². The lowest BCUT2D eigenvalue weighted by atomic mass is 9.74. The van der Waals surface area contributed by atoms with Crippen LogP contribution in [0.5, 0.6) is 0 Å². The third-order valence-corrected chi connectivity index (χ3v) is 6.22. The van der Waals surface area contributed by atoms with Crippen molar-refractivity contribution in [2.45, 2.75) is 38.6 Å². The highest BCUT2D eigenvalue weighted by Gasteiger charge is 2.30. The number of aliphatic hydroxyl groups excluding tert-OH is 1. The highest BCUT2D eigenvalue weighted by atomic mass is 79.9. The van der Waals surface area contributed by atoms with Gasteiger partial charge in [-0.25, -0.2) is 0 Å². The Hall–Kier alpha value is 0.390. The van der Waals surface area contributed by atoms with Gasteiger partial charge in [0.05, 0.1) is 0 Å². The lowest BCUT2D eigenvalue weighted by Gasteiger charge is -2.35. The molecule has 2 N–H and O–H groups in total. The molecule has 102 valence electrons. The summed E-state index contributed by atoms with van der Waals surface area (Å²) in [5, 5.41) is 13.1. The molecule has 0 amide bonds. The summed E-state index contributed by atoms with van der Waals surface area (Å²) in [6.07, 6.45) is 6.10. The van der Waals surface area contributed by atoms with Gasteiger partial charge in [-0.15, -0.1) is 11.3 Å². The van der Waals surface area contributed by atoms with E-state index in [1.54, 1.807) is 11.3 Å². The lowest BCUT2D eigenvalue weighted by molar-refractivity contribution is 0.0811. The van der Waals surface area contributed by atoms with Gasteiger partial charge in [-0.2, -0.15) is 0 Å². The molecule has 1 fully saturated rings. The fourth-order valence-electron chi connectivity index (χ4n) is 2.62. The summed E-state index contributed by atoms with van der Waals surface area (Å²) in [5.74, 6) is 0. The summed E-state index contributed by atoms with van der Waals surface area (Å²) in [7, 11) is 0. The molecule has 0 atom stereocenters. The number of hydrogen-bond acceptors (Lipinski definition) is 3. The molecule has 1 aromatic heterocycles. The summed E-state index contributed by atoms with van der Waals surface area (Å²) in [6, 6.07) is 2.06. The SMILES string of the molecule is OCC1(CNCc2cc(Br)c(Cl)s2)CCCCC1. The molecule has 0 bridgehead atoms. The van der Waals surface area contributed by atoms with Crippen LogP contribution in [-0.4, -0.2) is 18.3 Å². The minimum atomic E-state index is 0.108. The number of thiophene rings is 1. The third kappa shape index (κ3) is 3.70. The highest BCUT2D eigenvalue weighted by molar-refractivity contribution is 9.10. The second-order valence-electron chi connectivity index (χ2n) is 5.16. The second-order valence-corrected chi connectivity index (χ2v) is 7.75. The summed E-state index contributed by atoms with van der Waals surface area (Å²) < 4.78 is 1.78. The van der Waals surface area contributed by atoms with Crippen molar-refractivity contribution in [1.82, 2.24) is 5.32 Å². The summed E-state index contributed by atoms with van der Waals surface area (Å²) >= 11 is 11.0. The topological polar surface area (TPSA) is 32.3 Å². The van der Waals surface area contributed by atoms with Crippen LogP contribution < -0.4 is 5.32 Å². The van der Waals surface area contributed by atoms with Crippen LogP contribution in [-0.2, 0) is 6.54 Å². The van der Waals surface area contributed by atoms with Gasteiger partial charge in [-0.05, 0) is 34.8 Å². The average Bonchev–Trinajstić information content (AvgIpc) is 2.70. The fourth-order valence-corrected chi connectivity index (χ4v) is 4.38. The molecular formula is C13H19BrClNOS. The third-order valence-electron chi connectivity index (χ3n) is 3.75. The Morgan fingerprint density at radius 1 is 1.39 bits per heavy atom. The number of nitrogens with one attached hydrogen (secondary N) is 1. The molecule has 18 heavy (non-hydrogen) atoms. The van der Waals surface area contributed by atoms with Crippen LogP contribution in [0.1, 0.15) is 37.0 Å². The number of hydrogen-bond donors (Lipinski definition) is 2. The molecule has 0 unspecified atom stereocenters. The van der Waals surface area contributed by atoms with Crippen molar-refractivity contribution in [3.05, 3.63) is 19.8 Å². The summed E-state index contributed by atoms with van der Waals surface area (Å²) in [5.41, 5.74) is 0.108. The van der Waals surface area contributed by atoms with Crippen LogP contribution in [0.25, 0.3) is 0 Å². The fraction of sp³-hybridized carbons (Fsp3) is 0.692. The van der Waals surface area contributed by atoms with Gasteiger partial charge in [0.1, 0.15) is 4.34 Å². The minimum absolute atomic E-state index is 0.108. The van der Waals surface area contributed by atoms with Crippen molar-refractivity contribution in [3.63, 3.8) is 0 Å². The molecule has 0 radical (unpaired) electrons. The summed E-state index contributed by atoms with van der Waals surface area (Å²) in [4.78, 5) is 1.23. The zero-order chi connectivity index (χ0) is 13.0. The largest absolute Gasteiger partial charge is 0.396 e. The van der Waals surface area contributed by atoms with E-state index in [0.717, 1.165) is 34.7 Å². The Bertz CT molecular complexity index is 371. The maximum absolute atomic E-state index is 9.62. The second kappa shape index (κ2) is 6.71. The average molecular weight is 353 g/mol. The van der Waals surface area contributed by atoms with Crippen molar-refractivity contribution in [3.8, 4) is 0 Å². The molecule has 1 heterocycles. The van der Waals surface area contributed by atoms with Gasteiger partial charge in [-0.1, -0.05) is 30.9 Å². The molecule has 2 nitrogen and oxygen atoms in total. The van der Waals surface area contributed by atoms with Gasteiger partial charge in [0.15, 0.2) is 0 Å². The monoisotopic (exact) mass is 351 g/mol. The van der Waals surface area contributed by atoms with E-state index in [0.29, 0.717) is 6.61 Å². The van der Waals surface area contributed by atoms with E-state index in [1.165, 1.54) is 24.1 Å². The maximum atomic E-state index is 9.62. The zero-order valence-corrected chi connectivity index (χ0v) is 13.5.